The van der Waals surface area contributed by atoms with E-state index in [2.05, 4.69) is 17.4 Å². The highest BCUT2D eigenvalue weighted by atomic mass is 35.5. The van der Waals surface area contributed by atoms with Gasteiger partial charge in [-0.1, -0.05) is 62.1 Å². The molecule has 32 heavy (non-hydrogen) atoms. The van der Waals surface area contributed by atoms with Crippen molar-refractivity contribution in [2.45, 2.75) is 45.1 Å². The van der Waals surface area contributed by atoms with Crippen molar-refractivity contribution in [3.05, 3.63) is 59.1 Å². The summed E-state index contributed by atoms with van der Waals surface area (Å²) in [6, 6.07) is 15.4. The molecule has 1 N–H and O–H groups in total. The lowest BCUT2D eigenvalue weighted by Gasteiger charge is -2.28. The van der Waals surface area contributed by atoms with Gasteiger partial charge >= 0.3 is 0 Å². The van der Waals surface area contributed by atoms with Crippen LogP contribution in [0.5, 0.6) is 5.75 Å². The molecule has 0 spiro atoms. The first-order valence-corrected chi connectivity index (χ1v) is 11.8. The van der Waals surface area contributed by atoms with E-state index in [-0.39, 0.29) is 17.9 Å². The zero-order valence-electron chi connectivity index (χ0n) is 18.8. The maximum absolute atomic E-state index is 13.3. The van der Waals surface area contributed by atoms with E-state index < -0.39 is 0 Å². The first-order chi connectivity index (χ1) is 15.6. The summed E-state index contributed by atoms with van der Waals surface area (Å²) in [5.74, 6) is 0.542. The Morgan fingerprint density at radius 3 is 2.34 bits per heavy atom. The maximum Gasteiger partial charge on any atom is 0.282 e. The number of methoxy groups -OCH3 is 1. The quantitative estimate of drug-likeness (QED) is 0.674. The average molecular weight is 455 g/mol. The molecule has 1 saturated heterocycles. The fourth-order valence-electron chi connectivity index (χ4n) is 4.52. The number of hydrogen-bond donors (Lipinski definition) is 1. The van der Waals surface area contributed by atoms with Crippen molar-refractivity contribution < 1.29 is 9.53 Å². The van der Waals surface area contributed by atoms with Gasteiger partial charge in [-0.2, -0.15) is 5.10 Å². The van der Waals surface area contributed by atoms with E-state index in [1.807, 2.05) is 53.5 Å². The van der Waals surface area contributed by atoms with Gasteiger partial charge in [0.1, 0.15) is 11.5 Å². The predicted molar refractivity (Wildman–Crippen MR) is 129 cm³/mol. The van der Waals surface area contributed by atoms with E-state index in [1.165, 1.54) is 19.3 Å². The van der Waals surface area contributed by atoms with Gasteiger partial charge in [-0.15, -0.1) is 0 Å². The minimum atomic E-state index is -0.145. The number of nitrogens with zero attached hydrogens (tertiary/aromatic N) is 3. The average Bonchev–Trinajstić information content (AvgIpc) is 3.13. The number of halogens is 1. The number of ether oxygens (including phenoxy) is 1. The monoisotopic (exact) mass is 454 g/mol. The van der Waals surface area contributed by atoms with Gasteiger partial charge in [0.2, 0.25) is 0 Å². The largest absolute Gasteiger partial charge is 0.497 e. The van der Waals surface area contributed by atoms with Gasteiger partial charge in [0, 0.05) is 19.0 Å². The second kappa shape index (κ2) is 10.4. The molecule has 2 atom stereocenters. The SMILES string of the molecule is COc1ccc(C2C(C)C(C(=O)NN3CCCCCCC3)=NN2c2ccccc2Cl)cc1. The van der Waals surface area contributed by atoms with Crippen molar-refractivity contribution in [3.8, 4) is 5.75 Å². The Balaban J connectivity index is 1.62. The molecule has 2 aromatic carbocycles. The van der Waals surface area contributed by atoms with Crippen LogP contribution in [0.3, 0.4) is 0 Å². The minimum absolute atomic E-state index is 0.116. The molecule has 2 aromatic rings. The van der Waals surface area contributed by atoms with E-state index in [0.29, 0.717) is 10.7 Å². The zero-order valence-corrected chi connectivity index (χ0v) is 19.5. The van der Waals surface area contributed by atoms with Crippen LogP contribution in [-0.4, -0.2) is 36.8 Å². The number of para-hydroxylation sites is 1. The molecule has 1 fully saturated rings. The molecule has 0 aromatic heterocycles. The van der Waals surface area contributed by atoms with E-state index in [9.17, 15) is 4.79 Å². The number of nitrogens with one attached hydrogen (secondary N) is 1. The molecular formula is C25H31ClN4O2. The summed E-state index contributed by atoms with van der Waals surface area (Å²) in [5, 5.41) is 9.35. The summed E-state index contributed by atoms with van der Waals surface area (Å²) in [5.41, 5.74) is 5.48. The fourth-order valence-corrected chi connectivity index (χ4v) is 4.74. The van der Waals surface area contributed by atoms with Crippen LogP contribution < -0.4 is 15.2 Å². The van der Waals surface area contributed by atoms with Crippen molar-refractivity contribution in [2.24, 2.45) is 11.0 Å². The van der Waals surface area contributed by atoms with Crippen molar-refractivity contribution in [1.82, 2.24) is 10.4 Å². The molecule has 0 aliphatic carbocycles. The number of rotatable bonds is 5. The number of carbonyl (C=O) groups is 1. The second-order valence-corrected chi connectivity index (χ2v) is 8.89. The summed E-state index contributed by atoms with van der Waals surface area (Å²) in [4.78, 5) is 13.3. The normalized spacial score (nSPS) is 22.1. The Morgan fingerprint density at radius 2 is 1.69 bits per heavy atom. The fraction of sp³-hybridized carbons (Fsp3) is 0.440. The first-order valence-electron chi connectivity index (χ1n) is 11.4. The molecule has 2 aliphatic heterocycles. The molecule has 4 rings (SSSR count). The Kier molecular flexibility index (Phi) is 7.33. The smallest absolute Gasteiger partial charge is 0.282 e. The lowest BCUT2D eigenvalue weighted by Crippen LogP contribution is -2.47. The maximum atomic E-state index is 13.3. The Bertz CT molecular complexity index is 955. The van der Waals surface area contributed by atoms with Gasteiger partial charge in [-0.3, -0.25) is 15.2 Å². The number of hydrazine groups is 1. The topological polar surface area (TPSA) is 57.2 Å². The number of hydrazone groups is 1. The molecule has 6 nitrogen and oxygen atoms in total. The van der Waals surface area contributed by atoms with Crippen LogP contribution in [0, 0.1) is 5.92 Å². The lowest BCUT2D eigenvalue weighted by molar-refractivity contribution is -0.119. The van der Waals surface area contributed by atoms with E-state index in [4.69, 9.17) is 21.4 Å². The molecule has 0 bridgehead atoms. The third kappa shape index (κ3) is 4.92. The summed E-state index contributed by atoms with van der Waals surface area (Å²) < 4.78 is 5.32. The van der Waals surface area contributed by atoms with Crippen molar-refractivity contribution >= 4 is 28.9 Å². The highest BCUT2D eigenvalue weighted by Crippen LogP contribution is 2.41. The number of anilines is 1. The van der Waals surface area contributed by atoms with Gasteiger partial charge in [0.05, 0.1) is 23.9 Å². The number of hydrogen-bond acceptors (Lipinski definition) is 5. The van der Waals surface area contributed by atoms with Crippen molar-refractivity contribution in [2.75, 3.05) is 25.2 Å². The Hall–Kier alpha value is -2.57. The van der Waals surface area contributed by atoms with Gasteiger partial charge in [-0.25, -0.2) is 5.01 Å². The third-order valence-corrected chi connectivity index (χ3v) is 6.61. The zero-order chi connectivity index (χ0) is 22.5. The highest BCUT2D eigenvalue weighted by Gasteiger charge is 2.40. The van der Waals surface area contributed by atoms with Gasteiger partial charge in [0.25, 0.3) is 5.91 Å². The molecule has 2 heterocycles. The Morgan fingerprint density at radius 1 is 1.03 bits per heavy atom. The summed E-state index contributed by atoms with van der Waals surface area (Å²) >= 11 is 6.53. The van der Waals surface area contributed by atoms with E-state index in [1.54, 1.807) is 7.11 Å². The molecular weight excluding hydrogens is 424 g/mol. The molecule has 7 heteroatoms. The van der Waals surface area contributed by atoms with E-state index in [0.717, 1.165) is 42.9 Å². The first kappa shape index (κ1) is 22.6. The van der Waals surface area contributed by atoms with Crippen LogP contribution in [0.25, 0.3) is 0 Å². The number of carbonyl (C=O) groups excluding carboxylic acids is 1. The second-order valence-electron chi connectivity index (χ2n) is 8.48. The van der Waals surface area contributed by atoms with Gasteiger partial charge < -0.3 is 4.74 Å². The van der Waals surface area contributed by atoms with Crippen LogP contribution in [0.15, 0.2) is 53.6 Å². The van der Waals surface area contributed by atoms with Crippen molar-refractivity contribution in [1.29, 1.82) is 0 Å². The molecule has 0 radical (unpaired) electrons. The third-order valence-electron chi connectivity index (χ3n) is 6.29. The highest BCUT2D eigenvalue weighted by molar-refractivity contribution is 6.40. The van der Waals surface area contributed by atoms with E-state index >= 15 is 0 Å². The summed E-state index contributed by atoms with van der Waals surface area (Å²) in [6.07, 6.45) is 5.90. The molecule has 0 saturated carbocycles. The molecule has 2 unspecified atom stereocenters. The van der Waals surface area contributed by atoms with Crippen LogP contribution in [0.1, 0.15) is 50.6 Å². The summed E-state index contributed by atoms with van der Waals surface area (Å²) in [6.45, 7) is 3.81. The lowest BCUT2D eigenvalue weighted by atomic mass is 9.91. The molecule has 1 amide bonds. The summed E-state index contributed by atoms with van der Waals surface area (Å²) in [7, 11) is 1.65. The minimum Gasteiger partial charge on any atom is -0.497 e. The molecule has 2 aliphatic rings. The van der Waals surface area contributed by atoms with Gasteiger partial charge in [-0.05, 0) is 42.7 Å². The van der Waals surface area contributed by atoms with Crippen molar-refractivity contribution in [3.63, 3.8) is 0 Å². The molecule has 170 valence electrons. The Labute approximate surface area is 195 Å². The number of benzene rings is 2. The van der Waals surface area contributed by atoms with Crippen LogP contribution >= 0.6 is 11.6 Å². The van der Waals surface area contributed by atoms with Crippen LogP contribution in [0.4, 0.5) is 5.69 Å². The standard InChI is InChI=1S/C25H31ClN4O2/c1-18-23(25(31)28-29-16-8-4-3-5-9-17-29)27-30(22-11-7-6-10-21(22)26)24(18)19-12-14-20(32-2)15-13-19/h6-7,10-15,18,24H,3-5,8-9,16-17H2,1-2H3,(H,28,31). The number of amides is 1. The van der Waals surface area contributed by atoms with Crippen LogP contribution in [0.2, 0.25) is 5.02 Å². The predicted octanol–water partition coefficient (Wildman–Crippen LogP) is 5.20. The van der Waals surface area contributed by atoms with Gasteiger partial charge in [0.15, 0.2) is 0 Å². The van der Waals surface area contributed by atoms with Crippen LogP contribution in [-0.2, 0) is 4.79 Å².